The van der Waals surface area contributed by atoms with Crippen molar-refractivity contribution in [1.82, 2.24) is 5.32 Å². The minimum Gasteiger partial charge on any atom is -0.480 e. The second-order valence-corrected chi connectivity index (χ2v) is 4.87. The molecule has 0 aliphatic heterocycles. The first kappa shape index (κ1) is 14.0. The van der Waals surface area contributed by atoms with Crippen molar-refractivity contribution in [3.63, 3.8) is 0 Å². The zero-order chi connectivity index (χ0) is 12.9. The van der Waals surface area contributed by atoms with Gasteiger partial charge in [0.15, 0.2) is 0 Å². The van der Waals surface area contributed by atoms with Crippen LogP contribution in [0.5, 0.6) is 0 Å². The van der Waals surface area contributed by atoms with Gasteiger partial charge < -0.3 is 16.2 Å². The van der Waals surface area contributed by atoms with Crippen LogP contribution in [0.4, 0.5) is 0 Å². The Bertz CT molecular complexity index is 285. The molecule has 0 aromatic carbocycles. The molecule has 1 atom stereocenters. The molecule has 1 aliphatic carbocycles. The third kappa shape index (κ3) is 3.70. The molecule has 0 radical (unpaired) electrons. The number of carboxylic acids is 1. The van der Waals surface area contributed by atoms with Crippen LogP contribution in [-0.4, -0.2) is 28.6 Å². The molecule has 0 spiro atoms. The van der Waals surface area contributed by atoms with E-state index < -0.39 is 17.6 Å². The van der Waals surface area contributed by atoms with Gasteiger partial charge in [0.25, 0.3) is 0 Å². The Labute approximate surface area is 102 Å². The largest absolute Gasteiger partial charge is 0.480 e. The molecule has 0 heterocycles. The summed E-state index contributed by atoms with van der Waals surface area (Å²) in [4.78, 5) is 23.0. The van der Waals surface area contributed by atoms with E-state index in [0.29, 0.717) is 19.3 Å². The summed E-state index contributed by atoms with van der Waals surface area (Å²) in [5.41, 5.74) is 5.18. The molecular weight excluding hydrogens is 220 g/mol. The van der Waals surface area contributed by atoms with Crippen LogP contribution in [0.2, 0.25) is 0 Å². The molecule has 1 amide bonds. The Hall–Kier alpha value is -1.10. The normalized spacial score (nSPS) is 20.6. The summed E-state index contributed by atoms with van der Waals surface area (Å²) in [7, 11) is 0. The fraction of sp³-hybridized carbons (Fsp3) is 0.833. The van der Waals surface area contributed by atoms with E-state index >= 15 is 0 Å². The van der Waals surface area contributed by atoms with Crippen molar-refractivity contribution in [3.8, 4) is 0 Å². The van der Waals surface area contributed by atoms with Crippen molar-refractivity contribution in [2.24, 2.45) is 5.73 Å². The monoisotopic (exact) mass is 242 g/mol. The predicted molar refractivity (Wildman–Crippen MR) is 64.5 cm³/mol. The minimum atomic E-state index is -0.986. The Balaban J connectivity index is 2.59. The van der Waals surface area contributed by atoms with Crippen LogP contribution in [0.1, 0.15) is 51.9 Å². The van der Waals surface area contributed by atoms with Crippen molar-refractivity contribution in [1.29, 1.82) is 0 Å². The van der Waals surface area contributed by atoms with E-state index in [-0.39, 0.29) is 5.91 Å². The predicted octanol–water partition coefficient (Wildman–Crippen LogP) is 1.02. The lowest BCUT2D eigenvalue weighted by Crippen LogP contribution is -2.58. The number of amides is 1. The van der Waals surface area contributed by atoms with Crippen LogP contribution in [0.3, 0.4) is 0 Å². The van der Waals surface area contributed by atoms with Gasteiger partial charge in [-0.25, -0.2) is 4.79 Å². The number of aliphatic carboxylic acids is 1. The van der Waals surface area contributed by atoms with Crippen molar-refractivity contribution in [3.05, 3.63) is 0 Å². The van der Waals surface area contributed by atoms with E-state index in [1.165, 1.54) is 0 Å². The van der Waals surface area contributed by atoms with Crippen LogP contribution in [0.15, 0.2) is 0 Å². The molecule has 4 N–H and O–H groups in total. The maximum atomic E-state index is 12.0. The van der Waals surface area contributed by atoms with E-state index in [1.54, 1.807) is 0 Å². The van der Waals surface area contributed by atoms with Gasteiger partial charge in [-0.05, 0) is 19.3 Å². The third-order valence-corrected chi connectivity index (χ3v) is 3.38. The Morgan fingerprint density at radius 3 is 2.41 bits per heavy atom. The molecule has 5 heteroatoms. The molecule has 0 unspecified atom stereocenters. The summed E-state index contributed by atoms with van der Waals surface area (Å²) in [6, 6.07) is -0.810. The minimum absolute atomic E-state index is 0.307. The number of carbonyl (C=O) groups is 2. The third-order valence-electron chi connectivity index (χ3n) is 3.38. The maximum absolute atomic E-state index is 12.0. The van der Waals surface area contributed by atoms with Gasteiger partial charge in [-0.1, -0.05) is 32.6 Å². The Kier molecular flexibility index (Phi) is 4.93. The maximum Gasteiger partial charge on any atom is 0.326 e. The second kappa shape index (κ2) is 6.00. The van der Waals surface area contributed by atoms with E-state index in [4.69, 9.17) is 10.8 Å². The summed E-state index contributed by atoms with van der Waals surface area (Å²) in [5, 5.41) is 11.5. The molecule has 17 heavy (non-hydrogen) atoms. The SMILES string of the molecule is CCC[C@H](NC(=O)C1(N)CCCCC1)C(=O)O. The molecule has 1 fully saturated rings. The summed E-state index contributed by atoms with van der Waals surface area (Å²) in [5.74, 6) is -1.29. The summed E-state index contributed by atoms with van der Waals surface area (Å²) < 4.78 is 0. The number of carbonyl (C=O) groups excluding carboxylic acids is 1. The van der Waals surface area contributed by atoms with Crippen LogP contribution >= 0.6 is 0 Å². The molecule has 1 aliphatic rings. The smallest absolute Gasteiger partial charge is 0.326 e. The molecule has 5 nitrogen and oxygen atoms in total. The lowest BCUT2D eigenvalue weighted by atomic mass is 9.81. The van der Waals surface area contributed by atoms with E-state index in [0.717, 1.165) is 25.7 Å². The van der Waals surface area contributed by atoms with Crippen LogP contribution in [-0.2, 0) is 9.59 Å². The quantitative estimate of drug-likeness (QED) is 0.671. The van der Waals surface area contributed by atoms with Crippen LogP contribution in [0.25, 0.3) is 0 Å². The average Bonchev–Trinajstić information content (AvgIpc) is 2.29. The standard InChI is InChI=1S/C12H22N2O3/c1-2-6-9(10(15)16)14-11(17)12(13)7-4-3-5-8-12/h9H,2-8,13H2,1H3,(H,14,17)(H,15,16)/t9-/m0/s1. The van der Waals surface area contributed by atoms with Crippen LogP contribution in [0, 0.1) is 0 Å². The average molecular weight is 242 g/mol. The molecular formula is C12H22N2O3. The summed E-state index contributed by atoms with van der Waals surface area (Å²) in [6.07, 6.45) is 5.44. The van der Waals surface area contributed by atoms with Crippen molar-refractivity contribution in [2.45, 2.75) is 63.5 Å². The molecule has 0 aromatic rings. The highest BCUT2D eigenvalue weighted by atomic mass is 16.4. The highest BCUT2D eigenvalue weighted by Crippen LogP contribution is 2.26. The first-order valence-corrected chi connectivity index (χ1v) is 6.32. The lowest BCUT2D eigenvalue weighted by molar-refractivity contribution is -0.143. The zero-order valence-corrected chi connectivity index (χ0v) is 10.4. The number of rotatable bonds is 5. The molecule has 1 saturated carbocycles. The van der Waals surface area contributed by atoms with Gasteiger partial charge in [0.05, 0.1) is 5.54 Å². The number of hydrogen-bond acceptors (Lipinski definition) is 3. The van der Waals surface area contributed by atoms with E-state index in [9.17, 15) is 9.59 Å². The van der Waals surface area contributed by atoms with Gasteiger partial charge in [0.1, 0.15) is 6.04 Å². The van der Waals surface area contributed by atoms with E-state index in [2.05, 4.69) is 5.32 Å². The topological polar surface area (TPSA) is 92.4 Å². The van der Waals surface area contributed by atoms with Gasteiger partial charge >= 0.3 is 5.97 Å². The van der Waals surface area contributed by atoms with E-state index in [1.807, 2.05) is 6.92 Å². The van der Waals surface area contributed by atoms with Crippen LogP contribution < -0.4 is 11.1 Å². The molecule has 0 bridgehead atoms. The first-order chi connectivity index (χ1) is 7.99. The number of nitrogens with one attached hydrogen (secondary N) is 1. The zero-order valence-electron chi connectivity index (χ0n) is 10.4. The van der Waals surface area contributed by atoms with Gasteiger partial charge in [0, 0.05) is 0 Å². The van der Waals surface area contributed by atoms with Crippen molar-refractivity contribution < 1.29 is 14.7 Å². The lowest BCUT2D eigenvalue weighted by Gasteiger charge is -2.32. The van der Waals surface area contributed by atoms with Gasteiger partial charge in [-0.2, -0.15) is 0 Å². The molecule has 0 aromatic heterocycles. The van der Waals surface area contributed by atoms with Gasteiger partial charge in [0.2, 0.25) is 5.91 Å². The fourth-order valence-corrected chi connectivity index (χ4v) is 2.26. The molecule has 98 valence electrons. The number of nitrogens with two attached hydrogens (primary N) is 1. The highest BCUT2D eigenvalue weighted by molar-refractivity contribution is 5.90. The van der Waals surface area contributed by atoms with Gasteiger partial charge in [-0.3, -0.25) is 4.79 Å². The van der Waals surface area contributed by atoms with Crippen molar-refractivity contribution in [2.75, 3.05) is 0 Å². The Morgan fingerprint density at radius 2 is 1.94 bits per heavy atom. The highest BCUT2D eigenvalue weighted by Gasteiger charge is 2.36. The van der Waals surface area contributed by atoms with Gasteiger partial charge in [-0.15, -0.1) is 0 Å². The summed E-state index contributed by atoms with van der Waals surface area (Å²) >= 11 is 0. The number of hydrogen-bond donors (Lipinski definition) is 3. The second-order valence-electron chi connectivity index (χ2n) is 4.87. The number of carboxylic acid groups (broad SMARTS) is 1. The summed E-state index contributed by atoms with van der Waals surface area (Å²) in [6.45, 7) is 1.89. The van der Waals surface area contributed by atoms with Crippen molar-refractivity contribution >= 4 is 11.9 Å². The molecule has 0 saturated heterocycles. The first-order valence-electron chi connectivity index (χ1n) is 6.32. The molecule has 1 rings (SSSR count). The fourth-order valence-electron chi connectivity index (χ4n) is 2.26. The Morgan fingerprint density at radius 1 is 1.35 bits per heavy atom.